The lowest BCUT2D eigenvalue weighted by Gasteiger charge is -2.35. The number of benzene rings is 2. The maximum Gasteiger partial charge on any atom is 0.408 e. The van der Waals surface area contributed by atoms with Crippen LogP contribution in [0.4, 0.5) is 10.5 Å². The summed E-state index contributed by atoms with van der Waals surface area (Å²) in [6.07, 6.45) is 5.24. The van der Waals surface area contributed by atoms with Crippen molar-refractivity contribution in [2.24, 2.45) is 0 Å². The molecule has 0 spiro atoms. The zero-order chi connectivity index (χ0) is 29.7. The van der Waals surface area contributed by atoms with Crippen molar-refractivity contribution in [2.45, 2.75) is 91.3 Å². The third-order valence-electron chi connectivity index (χ3n) is 6.55. The van der Waals surface area contributed by atoms with Crippen LogP contribution in [0.1, 0.15) is 83.0 Å². The molecule has 2 unspecified atom stereocenters. The molecule has 0 saturated heterocycles. The van der Waals surface area contributed by atoms with E-state index in [0.717, 1.165) is 42.4 Å². The minimum absolute atomic E-state index is 0.288. The Balaban J connectivity index is 2.53. The molecule has 0 aliphatic rings. The van der Waals surface area contributed by atoms with Gasteiger partial charge in [-0.05, 0) is 81.7 Å². The summed E-state index contributed by atoms with van der Waals surface area (Å²) >= 11 is 1.60. The van der Waals surface area contributed by atoms with Crippen LogP contribution in [0.2, 0.25) is 0 Å². The van der Waals surface area contributed by atoms with Gasteiger partial charge in [-0.3, -0.25) is 9.59 Å². The first kappa shape index (κ1) is 33.2. The number of amides is 3. The first-order valence-corrected chi connectivity index (χ1v) is 15.6. The SMILES string of the molecule is CCCCCN(C(=O)C(CCSC)NC(=O)OC(C)(C)C)C(C(=O)Nc1ccccc1C)c1ccc(CC)cc1. The number of anilines is 1. The molecule has 0 bridgehead atoms. The zero-order valence-corrected chi connectivity index (χ0v) is 26.0. The predicted molar refractivity (Wildman–Crippen MR) is 166 cm³/mol. The van der Waals surface area contributed by atoms with Crippen molar-refractivity contribution < 1.29 is 19.1 Å². The fraction of sp³-hybridized carbons (Fsp3) is 0.531. The lowest BCUT2D eigenvalue weighted by atomic mass is 9.99. The number of carbonyl (C=O) groups excluding carboxylic acids is 3. The molecule has 8 heteroatoms. The van der Waals surface area contributed by atoms with Gasteiger partial charge in [0.1, 0.15) is 17.7 Å². The van der Waals surface area contributed by atoms with E-state index >= 15 is 0 Å². The van der Waals surface area contributed by atoms with Gasteiger partial charge in [0.15, 0.2) is 0 Å². The summed E-state index contributed by atoms with van der Waals surface area (Å²) in [7, 11) is 0. The monoisotopic (exact) mass is 569 g/mol. The average molecular weight is 570 g/mol. The molecule has 0 saturated carbocycles. The van der Waals surface area contributed by atoms with E-state index in [2.05, 4.69) is 24.5 Å². The molecule has 3 amide bonds. The number of unbranched alkanes of at least 4 members (excludes halogenated alkanes) is 2. The molecule has 40 heavy (non-hydrogen) atoms. The van der Waals surface area contributed by atoms with Gasteiger partial charge in [0, 0.05) is 12.2 Å². The van der Waals surface area contributed by atoms with E-state index in [1.165, 1.54) is 0 Å². The molecule has 2 rings (SSSR count). The van der Waals surface area contributed by atoms with Crippen LogP contribution < -0.4 is 10.6 Å². The molecule has 0 aliphatic carbocycles. The molecule has 0 aliphatic heterocycles. The fourth-order valence-electron chi connectivity index (χ4n) is 4.36. The maximum absolute atomic E-state index is 14.3. The largest absolute Gasteiger partial charge is 0.444 e. The van der Waals surface area contributed by atoms with E-state index < -0.39 is 23.8 Å². The normalized spacial score (nSPS) is 12.8. The van der Waals surface area contributed by atoms with E-state index in [9.17, 15) is 14.4 Å². The third-order valence-corrected chi connectivity index (χ3v) is 7.20. The van der Waals surface area contributed by atoms with Crippen molar-refractivity contribution in [3.63, 3.8) is 0 Å². The van der Waals surface area contributed by atoms with Crippen molar-refractivity contribution in [3.8, 4) is 0 Å². The van der Waals surface area contributed by atoms with Crippen molar-refractivity contribution >= 4 is 35.4 Å². The second kappa shape index (κ2) is 16.3. The second-order valence-corrected chi connectivity index (χ2v) is 12.0. The van der Waals surface area contributed by atoms with Crippen LogP contribution in [0.15, 0.2) is 48.5 Å². The van der Waals surface area contributed by atoms with E-state index in [0.29, 0.717) is 24.4 Å². The summed E-state index contributed by atoms with van der Waals surface area (Å²) < 4.78 is 5.48. The summed E-state index contributed by atoms with van der Waals surface area (Å²) in [5, 5.41) is 5.87. The molecule has 7 nitrogen and oxygen atoms in total. The van der Waals surface area contributed by atoms with Crippen molar-refractivity contribution in [3.05, 3.63) is 65.2 Å². The van der Waals surface area contributed by atoms with Gasteiger partial charge >= 0.3 is 6.09 Å². The maximum atomic E-state index is 14.3. The van der Waals surface area contributed by atoms with Gasteiger partial charge in [-0.25, -0.2) is 4.79 Å². The van der Waals surface area contributed by atoms with Crippen molar-refractivity contribution in [1.29, 1.82) is 0 Å². The Kier molecular flexibility index (Phi) is 13.5. The minimum atomic E-state index is -0.868. The molecule has 2 aromatic rings. The Morgan fingerprint density at radius 3 is 2.25 bits per heavy atom. The van der Waals surface area contributed by atoms with Gasteiger partial charge in [-0.15, -0.1) is 0 Å². The topological polar surface area (TPSA) is 87.7 Å². The molecular weight excluding hydrogens is 522 g/mol. The molecule has 2 atom stereocenters. The summed E-state index contributed by atoms with van der Waals surface area (Å²) in [5.74, 6) is 0.0880. The molecule has 220 valence electrons. The van der Waals surface area contributed by atoms with Crippen LogP contribution in [0.25, 0.3) is 0 Å². The summed E-state index contributed by atoms with van der Waals surface area (Å²) in [4.78, 5) is 42.7. The average Bonchev–Trinajstić information content (AvgIpc) is 2.90. The lowest BCUT2D eigenvalue weighted by molar-refractivity contribution is -0.141. The van der Waals surface area contributed by atoms with E-state index in [4.69, 9.17) is 4.74 Å². The highest BCUT2D eigenvalue weighted by molar-refractivity contribution is 7.98. The smallest absolute Gasteiger partial charge is 0.408 e. The van der Waals surface area contributed by atoms with Crippen molar-refractivity contribution in [2.75, 3.05) is 23.9 Å². The van der Waals surface area contributed by atoms with E-state index in [1.807, 2.05) is 61.7 Å². The number of thioether (sulfide) groups is 1. The van der Waals surface area contributed by atoms with Crippen LogP contribution in [-0.2, 0) is 20.7 Å². The summed E-state index contributed by atoms with van der Waals surface area (Å²) in [6.45, 7) is 11.9. The summed E-state index contributed by atoms with van der Waals surface area (Å²) in [5.41, 5.74) is 2.82. The third kappa shape index (κ3) is 10.5. The lowest BCUT2D eigenvalue weighted by Crippen LogP contribution is -2.52. The number of nitrogens with zero attached hydrogens (tertiary/aromatic N) is 1. The van der Waals surface area contributed by atoms with Crippen LogP contribution in [0.3, 0.4) is 0 Å². The number of nitrogens with one attached hydrogen (secondary N) is 2. The highest BCUT2D eigenvalue weighted by Crippen LogP contribution is 2.27. The highest BCUT2D eigenvalue weighted by Gasteiger charge is 2.36. The second-order valence-electron chi connectivity index (χ2n) is 11.0. The Bertz CT molecular complexity index is 1100. The number of carbonyl (C=O) groups is 3. The van der Waals surface area contributed by atoms with E-state index in [-0.39, 0.29) is 11.8 Å². The Morgan fingerprint density at radius 1 is 1.00 bits per heavy atom. The molecule has 0 aromatic heterocycles. The number of ether oxygens (including phenoxy) is 1. The van der Waals surface area contributed by atoms with Crippen molar-refractivity contribution in [1.82, 2.24) is 10.2 Å². The Labute approximate surface area is 244 Å². The van der Waals surface area contributed by atoms with Gasteiger partial charge in [0.05, 0.1) is 0 Å². The Hall–Kier alpha value is -3.00. The van der Waals surface area contributed by atoms with Crippen LogP contribution in [0, 0.1) is 6.92 Å². The first-order chi connectivity index (χ1) is 19.0. The zero-order valence-electron chi connectivity index (χ0n) is 25.2. The standard InChI is InChI=1S/C32H47N3O4S/c1-8-10-13-21-35(30(37)27(20-22-40-7)34-31(38)39-32(4,5)6)28(25-18-16-24(9-2)17-19-25)29(36)33-26-15-12-11-14-23(26)3/h11-12,14-19,27-28H,8-10,13,20-22H2,1-7H3,(H,33,36)(H,34,38). The van der Waals surface area contributed by atoms with Gasteiger partial charge < -0.3 is 20.3 Å². The highest BCUT2D eigenvalue weighted by atomic mass is 32.2. The molecule has 0 heterocycles. The van der Waals surface area contributed by atoms with Gasteiger partial charge in [0.25, 0.3) is 5.91 Å². The number of hydrogen-bond acceptors (Lipinski definition) is 5. The number of alkyl carbamates (subject to hydrolysis) is 1. The molecular formula is C32H47N3O4S. The first-order valence-electron chi connectivity index (χ1n) is 14.2. The summed E-state index contributed by atoms with van der Waals surface area (Å²) in [6, 6.07) is 13.8. The van der Waals surface area contributed by atoms with Crippen LogP contribution in [-0.4, -0.2) is 53.0 Å². The fourth-order valence-corrected chi connectivity index (χ4v) is 4.84. The Morgan fingerprint density at radius 2 is 1.68 bits per heavy atom. The van der Waals surface area contributed by atoms with Gasteiger partial charge in [-0.2, -0.15) is 11.8 Å². The number of hydrogen-bond donors (Lipinski definition) is 2. The van der Waals surface area contributed by atoms with Gasteiger partial charge in [-0.1, -0.05) is 69.2 Å². The molecule has 0 radical (unpaired) electrons. The quantitative estimate of drug-likeness (QED) is 0.242. The number of rotatable bonds is 14. The number of para-hydroxylation sites is 1. The molecule has 2 aromatic carbocycles. The van der Waals surface area contributed by atoms with Crippen LogP contribution in [0.5, 0.6) is 0 Å². The number of aryl methyl sites for hydroxylation is 2. The van der Waals surface area contributed by atoms with E-state index in [1.54, 1.807) is 37.4 Å². The molecule has 2 N–H and O–H groups in total. The van der Waals surface area contributed by atoms with Gasteiger partial charge in [0.2, 0.25) is 5.91 Å². The predicted octanol–water partition coefficient (Wildman–Crippen LogP) is 6.90. The van der Waals surface area contributed by atoms with Crippen LogP contribution >= 0.6 is 11.8 Å². The minimum Gasteiger partial charge on any atom is -0.444 e. The molecule has 0 fully saturated rings.